The van der Waals surface area contributed by atoms with Crippen molar-refractivity contribution in [1.82, 2.24) is 15.1 Å². The molecule has 1 N–H and O–H groups in total. The van der Waals surface area contributed by atoms with Gasteiger partial charge in [-0.25, -0.2) is 0 Å². The predicted molar refractivity (Wildman–Crippen MR) is 71.1 cm³/mol. The Morgan fingerprint density at radius 2 is 2.18 bits per heavy atom. The highest BCUT2D eigenvalue weighted by atomic mass is 35.5. The Morgan fingerprint density at radius 3 is 2.88 bits per heavy atom. The van der Waals surface area contributed by atoms with Gasteiger partial charge in [-0.15, -0.1) is 0 Å². The quantitative estimate of drug-likeness (QED) is 0.903. The van der Waals surface area contributed by atoms with E-state index in [4.69, 9.17) is 11.6 Å². The van der Waals surface area contributed by atoms with Crippen molar-refractivity contribution in [3.63, 3.8) is 0 Å². The van der Waals surface area contributed by atoms with Crippen LogP contribution in [0, 0.1) is 0 Å². The molecular weight excluding hydrogens is 234 g/mol. The number of aryl methyl sites for hydroxylation is 1. The molecule has 0 spiro atoms. The third-order valence-electron chi connectivity index (χ3n) is 2.72. The van der Waals surface area contributed by atoms with Crippen LogP contribution in [0.25, 0.3) is 11.3 Å². The largest absolute Gasteiger partial charge is 0.316 e. The average molecular weight is 250 g/mol. The molecule has 2 rings (SSSR count). The molecule has 1 aromatic heterocycles. The van der Waals surface area contributed by atoms with Gasteiger partial charge in [0.05, 0.1) is 5.69 Å². The van der Waals surface area contributed by atoms with Crippen molar-refractivity contribution < 1.29 is 0 Å². The molecule has 0 bridgehead atoms. The number of hydrogen-bond donors (Lipinski definition) is 1. The summed E-state index contributed by atoms with van der Waals surface area (Å²) >= 11 is 6.15. The monoisotopic (exact) mass is 249 g/mol. The van der Waals surface area contributed by atoms with Gasteiger partial charge < -0.3 is 5.32 Å². The van der Waals surface area contributed by atoms with E-state index in [0.29, 0.717) is 0 Å². The summed E-state index contributed by atoms with van der Waals surface area (Å²) < 4.78 is 1.98. The van der Waals surface area contributed by atoms with Gasteiger partial charge in [0, 0.05) is 29.9 Å². The summed E-state index contributed by atoms with van der Waals surface area (Å²) in [4.78, 5) is 0. The second-order valence-electron chi connectivity index (χ2n) is 3.87. The summed E-state index contributed by atoms with van der Waals surface area (Å²) in [6.07, 6.45) is 1.82. The predicted octanol–water partition coefficient (Wildman–Crippen LogP) is 2.94. The molecule has 0 aliphatic rings. The first-order valence-electron chi connectivity index (χ1n) is 5.71. The van der Waals surface area contributed by atoms with Gasteiger partial charge in [-0.2, -0.15) is 5.10 Å². The molecule has 0 amide bonds. The number of nitrogens with one attached hydrogen (secondary N) is 1. The number of nitrogens with zero attached hydrogens (tertiary/aromatic N) is 2. The fourth-order valence-corrected chi connectivity index (χ4v) is 2.07. The Hall–Kier alpha value is -1.32. The molecule has 90 valence electrons. The van der Waals surface area contributed by atoms with Gasteiger partial charge in [-0.1, -0.05) is 17.7 Å². The van der Waals surface area contributed by atoms with Crippen molar-refractivity contribution in [2.24, 2.45) is 0 Å². The van der Waals surface area contributed by atoms with E-state index in [2.05, 4.69) is 23.4 Å². The fourth-order valence-electron chi connectivity index (χ4n) is 1.89. The van der Waals surface area contributed by atoms with E-state index in [9.17, 15) is 0 Å². The molecule has 0 saturated heterocycles. The molecule has 4 heteroatoms. The summed E-state index contributed by atoms with van der Waals surface area (Å²) in [6.45, 7) is 3.72. The SMILES string of the molecule is CCn1nccc1-c1ccc(Cl)c(CNC)c1. The Kier molecular flexibility index (Phi) is 3.82. The molecule has 3 nitrogen and oxygen atoms in total. The maximum absolute atomic E-state index is 6.15. The van der Waals surface area contributed by atoms with Gasteiger partial charge in [0.2, 0.25) is 0 Å². The van der Waals surface area contributed by atoms with Crippen LogP contribution in [-0.4, -0.2) is 16.8 Å². The van der Waals surface area contributed by atoms with Crippen molar-refractivity contribution in [2.45, 2.75) is 20.0 Å². The lowest BCUT2D eigenvalue weighted by molar-refractivity contribution is 0.667. The molecule has 0 atom stereocenters. The Morgan fingerprint density at radius 1 is 1.35 bits per heavy atom. The smallest absolute Gasteiger partial charge is 0.0682 e. The summed E-state index contributed by atoms with van der Waals surface area (Å²) in [6, 6.07) is 8.11. The molecule has 0 aliphatic carbocycles. The van der Waals surface area contributed by atoms with Gasteiger partial charge in [0.25, 0.3) is 0 Å². The number of rotatable bonds is 4. The van der Waals surface area contributed by atoms with E-state index in [1.807, 2.05) is 36.1 Å². The zero-order chi connectivity index (χ0) is 12.3. The first-order valence-corrected chi connectivity index (χ1v) is 6.09. The van der Waals surface area contributed by atoms with Crippen LogP contribution in [0.2, 0.25) is 5.02 Å². The molecular formula is C13H16ClN3. The lowest BCUT2D eigenvalue weighted by atomic mass is 10.1. The number of benzene rings is 1. The first-order chi connectivity index (χ1) is 8.26. The normalized spacial score (nSPS) is 10.8. The Bertz CT molecular complexity index is 505. The molecule has 1 aromatic carbocycles. The summed E-state index contributed by atoms with van der Waals surface area (Å²) in [5.41, 5.74) is 3.39. The van der Waals surface area contributed by atoms with E-state index >= 15 is 0 Å². The van der Waals surface area contributed by atoms with Crippen molar-refractivity contribution in [3.8, 4) is 11.3 Å². The fraction of sp³-hybridized carbons (Fsp3) is 0.308. The van der Waals surface area contributed by atoms with Gasteiger partial charge >= 0.3 is 0 Å². The average Bonchev–Trinajstić information content (AvgIpc) is 2.80. The van der Waals surface area contributed by atoms with Crippen molar-refractivity contribution in [2.75, 3.05) is 7.05 Å². The minimum atomic E-state index is 0.771. The minimum Gasteiger partial charge on any atom is -0.316 e. The van der Waals surface area contributed by atoms with E-state index in [-0.39, 0.29) is 0 Å². The molecule has 0 fully saturated rings. The maximum atomic E-state index is 6.15. The highest BCUT2D eigenvalue weighted by Crippen LogP contribution is 2.25. The minimum absolute atomic E-state index is 0.771. The highest BCUT2D eigenvalue weighted by Gasteiger charge is 2.07. The summed E-state index contributed by atoms with van der Waals surface area (Å²) in [5.74, 6) is 0. The lowest BCUT2D eigenvalue weighted by Crippen LogP contribution is -2.06. The second-order valence-corrected chi connectivity index (χ2v) is 4.28. The third-order valence-corrected chi connectivity index (χ3v) is 3.09. The lowest BCUT2D eigenvalue weighted by Gasteiger charge is -2.08. The zero-order valence-corrected chi connectivity index (χ0v) is 10.8. The van der Waals surface area contributed by atoms with Gasteiger partial charge in [0.1, 0.15) is 0 Å². The van der Waals surface area contributed by atoms with Crippen LogP contribution >= 0.6 is 11.6 Å². The number of hydrogen-bond acceptors (Lipinski definition) is 2. The molecule has 0 unspecified atom stereocenters. The van der Waals surface area contributed by atoms with Crippen molar-refractivity contribution >= 4 is 11.6 Å². The highest BCUT2D eigenvalue weighted by molar-refractivity contribution is 6.31. The third kappa shape index (κ3) is 2.51. The molecule has 0 aliphatic heterocycles. The molecule has 0 radical (unpaired) electrons. The Balaban J connectivity index is 2.42. The van der Waals surface area contributed by atoms with Crippen LogP contribution in [0.3, 0.4) is 0 Å². The summed E-state index contributed by atoms with van der Waals surface area (Å²) in [7, 11) is 1.92. The van der Waals surface area contributed by atoms with Crippen LogP contribution < -0.4 is 5.32 Å². The number of halogens is 1. The van der Waals surface area contributed by atoms with E-state index in [0.717, 1.165) is 34.9 Å². The topological polar surface area (TPSA) is 29.9 Å². The molecule has 0 saturated carbocycles. The van der Waals surface area contributed by atoms with Gasteiger partial charge in [0.15, 0.2) is 0 Å². The van der Waals surface area contributed by atoms with Crippen LogP contribution in [0.5, 0.6) is 0 Å². The maximum Gasteiger partial charge on any atom is 0.0682 e. The van der Waals surface area contributed by atoms with Crippen molar-refractivity contribution in [1.29, 1.82) is 0 Å². The molecule has 1 heterocycles. The zero-order valence-electron chi connectivity index (χ0n) is 10.1. The van der Waals surface area contributed by atoms with Crippen LogP contribution in [0.4, 0.5) is 0 Å². The summed E-state index contributed by atoms with van der Waals surface area (Å²) in [5, 5.41) is 8.19. The number of aromatic nitrogens is 2. The standard InChI is InChI=1S/C13H16ClN3/c1-3-17-13(6-7-16-17)10-4-5-12(14)11(8-10)9-15-2/h4-8,15H,3,9H2,1-2H3. The van der Waals surface area contributed by atoms with Gasteiger partial charge in [-0.3, -0.25) is 4.68 Å². The van der Waals surface area contributed by atoms with E-state index < -0.39 is 0 Å². The first kappa shape index (κ1) is 12.1. The van der Waals surface area contributed by atoms with Crippen LogP contribution in [0.15, 0.2) is 30.5 Å². The van der Waals surface area contributed by atoms with Gasteiger partial charge in [-0.05, 0) is 37.7 Å². The van der Waals surface area contributed by atoms with Crippen molar-refractivity contribution in [3.05, 3.63) is 41.0 Å². The Labute approximate surface area is 106 Å². The van der Waals surface area contributed by atoms with E-state index in [1.165, 1.54) is 0 Å². The molecule has 2 aromatic rings. The van der Waals surface area contributed by atoms with Crippen LogP contribution in [0.1, 0.15) is 12.5 Å². The van der Waals surface area contributed by atoms with E-state index in [1.54, 1.807) is 0 Å². The molecule has 17 heavy (non-hydrogen) atoms. The van der Waals surface area contributed by atoms with Crippen LogP contribution in [-0.2, 0) is 13.1 Å². The second kappa shape index (κ2) is 5.34.